The molecule has 0 saturated heterocycles. The lowest BCUT2D eigenvalue weighted by Gasteiger charge is -2.22. The molecule has 0 bridgehead atoms. The fourth-order valence-electron chi connectivity index (χ4n) is 2.73. The molecule has 2 rings (SSSR count). The normalized spacial score (nSPS) is 12.9. The molecule has 0 aliphatic heterocycles. The molecule has 1 aromatic rings. The molecule has 0 unspecified atom stereocenters. The third kappa shape index (κ3) is 3.44. The molecule has 0 fully saturated rings. The second-order valence-electron chi connectivity index (χ2n) is 5.36. The standard InChI is InChI=1S/C17H24O/c1-2-16(18)11-6-4-3-5-8-14-9-7-10-15-12-13-17(14)15/h7,9-10H,2-6,8,11-13H2,1H3. The van der Waals surface area contributed by atoms with Crippen LogP contribution in [0, 0.1) is 0 Å². The first kappa shape index (κ1) is 13.3. The van der Waals surface area contributed by atoms with E-state index in [0.717, 1.165) is 12.8 Å². The first-order valence-corrected chi connectivity index (χ1v) is 7.42. The van der Waals surface area contributed by atoms with Crippen LogP contribution >= 0.6 is 0 Å². The SMILES string of the molecule is CCC(=O)CCCCCCc1cccc2c1CC2. The van der Waals surface area contributed by atoms with Gasteiger partial charge in [0, 0.05) is 12.8 Å². The number of carbonyl (C=O) groups is 1. The molecule has 1 nitrogen and oxygen atoms in total. The largest absolute Gasteiger partial charge is 0.300 e. The molecule has 1 heteroatoms. The highest BCUT2D eigenvalue weighted by molar-refractivity contribution is 5.77. The first-order chi connectivity index (χ1) is 8.81. The van der Waals surface area contributed by atoms with E-state index in [0.29, 0.717) is 12.2 Å². The maximum Gasteiger partial charge on any atom is 0.132 e. The number of Topliss-reactive ketones (excluding diaryl/α,β-unsaturated/α-hetero) is 1. The Balaban J connectivity index is 1.61. The van der Waals surface area contributed by atoms with Gasteiger partial charge in [-0.15, -0.1) is 0 Å². The Hall–Kier alpha value is -1.11. The lowest BCUT2D eigenvalue weighted by molar-refractivity contribution is -0.118. The highest BCUT2D eigenvalue weighted by atomic mass is 16.1. The van der Waals surface area contributed by atoms with Crippen LogP contribution in [0.25, 0.3) is 0 Å². The average molecular weight is 244 g/mol. The van der Waals surface area contributed by atoms with Crippen LogP contribution in [0.15, 0.2) is 18.2 Å². The summed E-state index contributed by atoms with van der Waals surface area (Å²) in [5.41, 5.74) is 4.77. The van der Waals surface area contributed by atoms with Crippen LogP contribution in [0.1, 0.15) is 62.1 Å². The van der Waals surface area contributed by atoms with Gasteiger partial charge in [-0.25, -0.2) is 0 Å². The Morgan fingerprint density at radius 3 is 2.67 bits per heavy atom. The molecule has 0 saturated carbocycles. The van der Waals surface area contributed by atoms with Crippen LogP contribution in [0.2, 0.25) is 0 Å². The maximum absolute atomic E-state index is 11.2. The van der Waals surface area contributed by atoms with Crippen molar-refractivity contribution in [3.8, 4) is 0 Å². The van der Waals surface area contributed by atoms with Crippen LogP contribution < -0.4 is 0 Å². The summed E-state index contributed by atoms with van der Waals surface area (Å²) in [7, 11) is 0. The second-order valence-corrected chi connectivity index (χ2v) is 5.36. The Kier molecular flexibility index (Phi) is 4.98. The first-order valence-electron chi connectivity index (χ1n) is 7.42. The lowest BCUT2D eigenvalue weighted by atomic mass is 9.83. The number of aryl methyl sites for hydroxylation is 2. The van der Waals surface area contributed by atoms with Gasteiger partial charge in [0.25, 0.3) is 0 Å². The summed E-state index contributed by atoms with van der Waals surface area (Å²) in [4.78, 5) is 11.2. The Labute approximate surface area is 111 Å². The second kappa shape index (κ2) is 6.72. The molecule has 18 heavy (non-hydrogen) atoms. The van der Waals surface area contributed by atoms with E-state index >= 15 is 0 Å². The molecule has 0 N–H and O–H groups in total. The topological polar surface area (TPSA) is 17.1 Å². The van der Waals surface area contributed by atoms with E-state index in [1.165, 1.54) is 38.5 Å². The fraction of sp³-hybridized carbons (Fsp3) is 0.588. The van der Waals surface area contributed by atoms with Crippen LogP contribution in [0.4, 0.5) is 0 Å². The summed E-state index contributed by atoms with van der Waals surface area (Å²) in [5.74, 6) is 0.416. The molecular weight excluding hydrogens is 220 g/mol. The van der Waals surface area contributed by atoms with Crippen LogP contribution in [-0.2, 0) is 24.1 Å². The average Bonchev–Trinajstić information content (AvgIpc) is 2.35. The smallest absolute Gasteiger partial charge is 0.132 e. The van der Waals surface area contributed by atoms with E-state index in [-0.39, 0.29) is 0 Å². The molecule has 0 amide bonds. The van der Waals surface area contributed by atoms with E-state index in [4.69, 9.17) is 0 Å². The van der Waals surface area contributed by atoms with Crippen molar-refractivity contribution >= 4 is 5.78 Å². The van der Waals surface area contributed by atoms with Gasteiger partial charge in [0.15, 0.2) is 0 Å². The Morgan fingerprint density at radius 1 is 1.11 bits per heavy atom. The number of ketones is 1. The highest BCUT2D eigenvalue weighted by Gasteiger charge is 2.15. The summed E-state index contributed by atoms with van der Waals surface area (Å²) in [5, 5.41) is 0. The Morgan fingerprint density at radius 2 is 1.94 bits per heavy atom. The van der Waals surface area contributed by atoms with Crippen molar-refractivity contribution in [2.24, 2.45) is 0 Å². The minimum absolute atomic E-state index is 0.416. The number of hydrogen-bond donors (Lipinski definition) is 0. The van der Waals surface area contributed by atoms with E-state index in [1.807, 2.05) is 6.92 Å². The number of carbonyl (C=O) groups excluding carboxylic acids is 1. The van der Waals surface area contributed by atoms with E-state index in [9.17, 15) is 4.79 Å². The number of unbranched alkanes of at least 4 members (excludes halogenated alkanes) is 3. The molecule has 0 radical (unpaired) electrons. The van der Waals surface area contributed by atoms with Gasteiger partial charge >= 0.3 is 0 Å². The molecule has 0 heterocycles. The fourth-order valence-corrected chi connectivity index (χ4v) is 2.73. The minimum Gasteiger partial charge on any atom is -0.300 e. The summed E-state index contributed by atoms with van der Waals surface area (Å²) >= 11 is 0. The van der Waals surface area contributed by atoms with Gasteiger partial charge < -0.3 is 0 Å². The number of fused-ring (bicyclic) bond motifs is 1. The van der Waals surface area contributed by atoms with Gasteiger partial charge in [-0.3, -0.25) is 4.79 Å². The van der Waals surface area contributed by atoms with Crippen molar-refractivity contribution in [3.05, 3.63) is 34.9 Å². The van der Waals surface area contributed by atoms with E-state index in [1.54, 1.807) is 16.7 Å². The zero-order chi connectivity index (χ0) is 12.8. The number of hydrogen-bond acceptors (Lipinski definition) is 1. The predicted octanol–water partition coefficient (Wildman–Crippen LogP) is 4.26. The van der Waals surface area contributed by atoms with Crippen LogP contribution in [-0.4, -0.2) is 5.78 Å². The van der Waals surface area contributed by atoms with Crippen LogP contribution in [0.5, 0.6) is 0 Å². The van der Waals surface area contributed by atoms with E-state index in [2.05, 4.69) is 18.2 Å². The maximum atomic E-state index is 11.2. The van der Waals surface area contributed by atoms with E-state index < -0.39 is 0 Å². The summed E-state index contributed by atoms with van der Waals surface area (Å²) in [6.45, 7) is 1.95. The van der Waals surface area contributed by atoms with Gasteiger partial charge in [0.05, 0.1) is 0 Å². The van der Waals surface area contributed by atoms with Crippen molar-refractivity contribution in [2.45, 2.75) is 64.7 Å². The molecule has 0 aromatic heterocycles. The molecule has 0 spiro atoms. The zero-order valence-corrected chi connectivity index (χ0v) is 11.5. The van der Waals surface area contributed by atoms with Gasteiger partial charge in [0.1, 0.15) is 5.78 Å². The lowest BCUT2D eigenvalue weighted by Crippen LogP contribution is -2.11. The summed E-state index contributed by atoms with van der Waals surface area (Å²) < 4.78 is 0. The molecule has 1 aromatic carbocycles. The third-order valence-corrected chi connectivity index (χ3v) is 4.06. The monoisotopic (exact) mass is 244 g/mol. The van der Waals surface area contributed by atoms with Crippen molar-refractivity contribution in [2.75, 3.05) is 0 Å². The third-order valence-electron chi connectivity index (χ3n) is 4.06. The summed E-state index contributed by atoms with van der Waals surface area (Å²) in [6, 6.07) is 6.75. The number of benzene rings is 1. The molecule has 1 aliphatic carbocycles. The van der Waals surface area contributed by atoms with Crippen molar-refractivity contribution in [1.29, 1.82) is 0 Å². The molecule has 98 valence electrons. The predicted molar refractivity (Wildman–Crippen MR) is 75.9 cm³/mol. The minimum atomic E-state index is 0.416. The molecule has 1 aliphatic rings. The molecular formula is C17H24O. The van der Waals surface area contributed by atoms with Crippen LogP contribution in [0.3, 0.4) is 0 Å². The van der Waals surface area contributed by atoms with Crippen molar-refractivity contribution in [3.63, 3.8) is 0 Å². The Bertz CT molecular complexity index is 406. The quantitative estimate of drug-likeness (QED) is 0.624. The zero-order valence-electron chi connectivity index (χ0n) is 11.5. The van der Waals surface area contributed by atoms with Crippen molar-refractivity contribution in [1.82, 2.24) is 0 Å². The van der Waals surface area contributed by atoms with Gasteiger partial charge in [0.2, 0.25) is 0 Å². The van der Waals surface area contributed by atoms with Crippen molar-refractivity contribution < 1.29 is 4.79 Å². The highest BCUT2D eigenvalue weighted by Crippen LogP contribution is 2.27. The van der Waals surface area contributed by atoms with Gasteiger partial charge in [-0.05, 0) is 48.8 Å². The number of rotatable bonds is 8. The van der Waals surface area contributed by atoms with Gasteiger partial charge in [-0.2, -0.15) is 0 Å². The van der Waals surface area contributed by atoms with Gasteiger partial charge in [-0.1, -0.05) is 38.0 Å². The molecule has 0 atom stereocenters. The summed E-state index contributed by atoms with van der Waals surface area (Å²) in [6.07, 6.45) is 10.1.